The fourth-order valence-electron chi connectivity index (χ4n) is 4.13. The van der Waals surface area contributed by atoms with Gasteiger partial charge in [0.1, 0.15) is 0 Å². The Morgan fingerprint density at radius 1 is 1.21 bits per heavy atom. The fourth-order valence-corrected chi connectivity index (χ4v) is 4.13. The average molecular weight is 378 g/mol. The van der Waals surface area contributed by atoms with Gasteiger partial charge in [0.25, 0.3) is 0 Å². The summed E-state index contributed by atoms with van der Waals surface area (Å²) in [6.07, 6.45) is 7.91. The number of hydrogen-bond donors (Lipinski definition) is 2. The standard InChI is InChI=1S/C20H22N6O2/c1-28-14-5-2-12(3-6-14)10-26-19-18(25-20(26)27)21-9-17(24-19)13-4-7-15-16(8-13)23-11-22-15/h4,7-9,11-12,14H,2-3,5-6,10H2,1H3,(H,22,23)(H,21,25,27). The lowest BCUT2D eigenvalue weighted by atomic mass is 9.87. The highest BCUT2D eigenvalue weighted by molar-refractivity contribution is 5.81. The highest BCUT2D eigenvalue weighted by Crippen LogP contribution is 2.28. The zero-order chi connectivity index (χ0) is 19.1. The smallest absolute Gasteiger partial charge is 0.328 e. The molecule has 0 atom stereocenters. The van der Waals surface area contributed by atoms with Crippen LogP contribution in [0, 0.1) is 5.92 Å². The number of benzene rings is 1. The molecule has 1 saturated carbocycles. The predicted octanol–water partition coefficient (Wildman–Crippen LogP) is 2.87. The number of nitrogens with one attached hydrogen (secondary N) is 2. The van der Waals surface area contributed by atoms with Crippen molar-refractivity contribution in [2.24, 2.45) is 5.92 Å². The maximum absolute atomic E-state index is 12.5. The molecule has 0 bridgehead atoms. The van der Waals surface area contributed by atoms with Crippen LogP contribution >= 0.6 is 0 Å². The Labute approximate surface area is 161 Å². The van der Waals surface area contributed by atoms with Gasteiger partial charge in [-0.25, -0.2) is 19.7 Å². The summed E-state index contributed by atoms with van der Waals surface area (Å²) in [6.45, 7) is 0.660. The number of H-pyrrole nitrogens is 2. The third kappa shape index (κ3) is 2.99. The highest BCUT2D eigenvalue weighted by atomic mass is 16.5. The van der Waals surface area contributed by atoms with E-state index in [0.29, 0.717) is 29.9 Å². The van der Waals surface area contributed by atoms with Crippen LogP contribution in [-0.4, -0.2) is 42.7 Å². The van der Waals surface area contributed by atoms with Gasteiger partial charge in [0.2, 0.25) is 0 Å². The molecule has 4 aromatic rings. The Bertz CT molecular complexity index is 1180. The van der Waals surface area contributed by atoms with Gasteiger partial charge >= 0.3 is 5.69 Å². The fraction of sp³-hybridized carbons (Fsp3) is 0.400. The maximum Gasteiger partial charge on any atom is 0.328 e. The number of methoxy groups -OCH3 is 1. The van der Waals surface area contributed by atoms with E-state index in [2.05, 4.69) is 19.9 Å². The van der Waals surface area contributed by atoms with E-state index in [0.717, 1.165) is 48.0 Å². The normalized spacial score (nSPS) is 20.2. The minimum atomic E-state index is -0.148. The Morgan fingerprint density at radius 3 is 2.89 bits per heavy atom. The number of hydrogen-bond acceptors (Lipinski definition) is 5. The molecule has 8 heteroatoms. The summed E-state index contributed by atoms with van der Waals surface area (Å²) in [5, 5.41) is 0. The molecular weight excluding hydrogens is 356 g/mol. The van der Waals surface area contributed by atoms with Crippen LogP contribution in [0.1, 0.15) is 25.7 Å². The van der Waals surface area contributed by atoms with Gasteiger partial charge < -0.3 is 9.72 Å². The van der Waals surface area contributed by atoms with Crippen LogP contribution in [-0.2, 0) is 11.3 Å². The Hall–Kier alpha value is -3.00. The van der Waals surface area contributed by atoms with Gasteiger partial charge in [0, 0.05) is 19.2 Å². The zero-order valence-corrected chi connectivity index (χ0v) is 15.7. The Balaban J connectivity index is 1.49. The van der Waals surface area contributed by atoms with Gasteiger partial charge in [-0.3, -0.25) is 9.55 Å². The summed E-state index contributed by atoms with van der Waals surface area (Å²) in [5.41, 5.74) is 4.52. The first-order chi connectivity index (χ1) is 13.7. The van der Waals surface area contributed by atoms with Gasteiger partial charge in [-0.05, 0) is 43.7 Å². The van der Waals surface area contributed by atoms with Gasteiger partial charge in [0.15, 0.2) is 11.3 Å². The Morgan fingerprint density at radius 2 is 2.07 bits per heavy atom. The van der Waals surface area contributed by atoms with E-state index in [-0.39, 0.29) is 5.69 Å². The molecule has 1 aromatic carbocycles. The summed E-state index contributed by atoms with van der Waals surface area (Å²) >= 11 is 0. The summed E-state index contributed by atoms with van der Waals surface area (Å²) in [6, 6.07) is 5.92. The van der Waals surface area contributed by atoms with Gasteiger partial charge in [0.05, 0.1) is 35.4 Å². The van der Waals surface area contributed by atoms with E-state index in [1.807, 2.05) is 18.2 Å². The lowest BCUT2D eigenvalue weighted by molar-refractivity contribution is 0.0542. The summed E-state index contributed by atoms with van der Waals surface area (Å²) < 4.78 is 7.19. The van der Waals surface area contributed by atoms with E-state index < -0.39 is 0 Å². The van der Waals surface area contributed by atoms with Crippen LogP contribution in [0.4, 0.5) is 0 Å². The third-order valence-corrected chi connectivity index (χ3v) is 5.76. The molecule has 144 valence electrons. The first-order valence-electron chi connectivity index (χ1n) is 9.63. The summed E-state index contributed by atoms with van der Waals surface area (Å²) in [7, 11) is 1.77. The minimum Gasteiger partial charge on any atom is -0.381 e. The molecule has 8 nitrogen and oxygen atoms in total. The molecule has 3 heterocycles. The van der Waals surface area contributed by atoms with Crippen molar-refractivity contribution in [3.05, 3.63) is 41.2 Å². The van der Waals surface area contributed by atoms with Gasteiger partial charge in [-0.2, -0.15) is 0 Å². The Kier molecular flexibility index (Phi) is 4.20. The van der Waals surface area contributed by atoms with E-state index in [4.69, 9.17) is 9.72 Å². The number of aromatic nitrogens is 6. The second-order valence-electron chi connectivity index (χ2n) is 7.48. The van der Waals surface area contributed by atoms with Crippen molar-refractivity contribution < 1.29 is 4.74 Å². The second-order valence-corrected chi connectivity index (χ2v) is 7.48. The average Bonchev–Trinajstić information content (AvgIpc) is 3.32. The zero-order valence-electron chi connectivity index (χ0n) is 15.7. The number of imidazole rings is 2. The molecule has 1 aliphatic rings. The van der Waals surface area contributed by atoms with Crippen molar-refractivity contribution in [1.82, 2.24) is 29.5 Å². The molecule has 0 aliphatic heterocycles. The number of fused-ring (bicyclic) bond motifs is 2. The monoisotopic (exact) mass is 378 g/mol. The molecule has 0 spiro atoms. The number of aromatic amines is 2. The molecule has 0 radical (unpaired) electrons. The largest absolute Gasteiger partial charge is 0.381 e. The van der Waals surface area contributed by atoms with Gasteiger partial charge in [-0.15, -0.1) is 0 Å². The minimum absolute atomic E-state index is 0.148. The van der Waals surface area contributed by atoms with Crippen molar-refractivity contribution in [3.8, 4) is 11.3 Å². The third-order valence-electron chi connectivity index (χ3n) is 5.76. The second kappa shape index (κ2) is 6.87. The van der Waals surface area contributed by atoms with E-state index in [9.17, 15) is 4.79 Å². The SMILES string of the molecule is COC1CCC(Cn2c(=O)[nH]c3ncc(-c4ccc5nc[nH]c5c4)nc32)CC1. The van der Waals surface area contributed by atoms with Crippen LogP contribution in [0.2, 0.25) is 0 Å². The van der Waals surface area contributed by atoms with E-state index >= 15 is 0 Å². The van der Waals surface area contributed by atoms with Crippen molar-refractivity contribution in [2.75, 3.05) is 7.11 Å². The molecular formula is C20H22N6O2. The predicted molar refractivity (Wildman–Crippen MR) is 106 cm³/mol. The lowest BCUT2D eigenvalue weighted by Gasteiger charge is -2.27. The van der Waals surface area contributed by atoms with Crippen molar-refractivity contribution in [2.45, 2.75) is 38.3 Å². The van der Waals surface area contributed by atoms with Crippen molar-refractivity contribution in [1.29, 1.82) is 0 Å². The van der Waals surface area contributed by atoms with Crippen LogP contribution in [0.5, 0.6) is 0 Å². The van der Waals surface area contributed by atoms with Gasteiger partial charge in [-0.1, -0.05) is 6.07 Å². The molecule has 0 unspecified atom stereocenters. The number of ether oxygens (including phenoxy) is 1. The molecule has 28 heavy (non-hydrogen) atoms. The molecule has 3 aromatic heterocycles. The first kappa shape index (κ1) is 17.1. The van der Waals surface area contributed by atoms with E-state index in [1.54, 1.807) is 24.2 Å². The lowest BCUT2D eigenvalue weighted by Crippen LogP contribution is -2.27. The maximum atomic E-state index is 12.5. The number of rotatable bonds is 4. The highest BCUT2D eigenvalue weighted by Gasteiger charge is 2.23. The van der Waals surface area contributed by atoms with Crippen LogP contribution in [0.3, 0.4) is 0 Å². The van der Waals surface area contributed by atoms with Crippen LogP contribution in [0.15, 0.2) is 35.5 Å². The quantitative estimate of drug-likeness (QED) is 0.569. The molecule has 5 rings (SSSR count). The molecule has 1 aliphatic carbocycles. The topological polar surface area (TPSA) is 101 Å². The summed E-state index contributed by atoms with van der Waals surface area (Å²) in [5.74, 6) is 0.454. The molecule has 0 amide bonds. The van der Waals surface area contributed by atoms with E-state index in [1.165, 1.54) is 0 Å². The van der Waals surface area contributed by atoms with Crippen LogP contribution in [0.25, 0.3) is 33.6 Å². The van der Waals surface area contributed by atoms with Crippen LogP contribution < -0.4 is 5.69 Å². The molecule has 1 fully saturated rings. The molecule has 2 N–H and O–H groups in total. The molecule has 0 saturated heterocycles. The van der Waals surface area contributed by atoms with Crippen molar-refractivity contribution >= 4 is 22.3 Å². The number of nitrogens with zero attached hydrogens (tertiary/aromatic N) is 4. The van der Waals surface area contributed by atoms with Crippen molar-refractivity contribution in [3.63, 3.8) is 0 Å². The summed E-state index contributed by atoms with van der Waals surface area (Å²) in [4.78, 5) is 31.9. The first-order valence-corrected chi connectivity index (χ1v) is 9.63.